The molecule has 0 aliphatic rings. The van der Waals surface area contributed by atoms with Crippen LogP contribution in [0.25, 0.3) is 0 Å². The third-order valence-electron chi connectivity index (χ3n) is 3.72. The molecule has 0 unspecified atom stereocenters. The van der Waals surface area contributed by atoms with E-state index >= 15 is 0 Å². The van der Waals surface area contributed by atoms with Gasteiger partial charge in [0, 0.05) is 22.8 Å². The molecule has 2 nitrogen and oxygen atoms in total. The Kier molecular flexibility index (Phi) is 17.3. The average Bonchev–Trinajstić information content (AvgIpc) is 2.36. The molecule has 0 fully saturated rings. The van der Waals surface area contributed by atoms with Crippen LogP contribution in [-0.4, -0.2) is 20.9 Å². The van der Waals surface area contributed by atoms with Crippen molar-refractivity contribution in [2.75, 3.05) is 6.54 Å². The Hall–Kier alpha value is -0.465. The first-order valence-corrected chi connectivity index (χ1v) is 8.79. The number of hydrogen-bond acceptors (Lipinski definition) is 1. The quantitative estimate of drug-likeness (QED) is 0.368. The van der Waals surface area contributed by atoms with Crippen molar-refractivity contribution in [1.29, 1.82) is 0 Å². The summed E-state index contributed by atoms with van der Waals surface area (Å²) >= 11 is 0. The third kappa shape index (κ3) is 19.5. The van der Waals surface area contributed by atoms with Crippen molar-refractivity contribution in [1.82, 2.24) is 5.32 Å². The molecule has 125 valence electrons. The van der Waals surface area contributed by atoms with E-state index in [-0.39, 0.29) is 15.7 Å². The molecule has 0 heterocycles. The maximum absolute atomic E-state index is 11.6. The summed E-state index contributed by atoms with van der Waals surface area (Å²) in [5, 5.41) is 3.04. The van der Waals surface area contributed by atoms with Crippen molar-refractivity contribution in [2.45, 2.75) is 91.9 Å². The van der Waals surface area contributed by atoms with Gasteiger partial charge in [-0.15, -0.1) is 0 Å². The first-order chi connectivity index (χ1) is 9.52. The molecular formula is C18H39BNO. The van der Waals surface area contributed by atoms with Gasteiger partial charge in [0.1, 0.15) is 0 Å². The molecule has 0 rings (SSSR count). The Morgan fingerprint density at radius 1 is 0.810 bits per heavy atom. The number of nitrogens with one attached hydrogen (secondary N) is 1. The lowest BCUT2D eigenvalue weighted by Crippen LogP contribution is -2.23. The minimum absolute atomic E-state index is 0. The molecule has 1 N–H and O–H groups in total. The van der Waals surface area contributed by atoms with E-state index in [2.05, 4.69) is 33.0 Å². The molecule has 3 heteroatoms. The van der Waals surface area contributed by atoms with Crippen molar-refractivity contribution >= 4 is 14.3 Å². The lowest BCUT2D eigenvalue weighted by Gasteiger charge is -2.07. The third-order valence-corrected chi connectivity index (χ3v) is 3.72. The summed E-state index contributed by atoms with van der Waals surface area (Å²) in [6.45, 7) is 9.94. The molecule has 0 aromatic rings. The Bertz CT molecular complexity index is 235. The van der Waals surface area contributed by atoms with Crippen molar-refractivity contribution in [3.05, 3.63) is 0 Å². The average molecular weight is 296 g/mol. The second kappa shape index (κ2) is 15.9. The molecule has 0 aromatic heterocycles. The fourth-order valence-electron chi connectivity index (χ4n) is 2.36. The summed E-state index contributed by atoms with van der Waals surface area (Å²) < 4.78 is 0. The largest absolute Gasteiger partial charge is 0.356 e. The van der Waals surface area contributed by atoms with Gasteiger partial charge >= 0.3 is 0 Å². The monoisotopic (exact) mass is 296 g/mol. The van der Waals surface area contributed by atoms with E-state index in [0.29, 0.717) is 6.42 Å². The predicted octanol–water partition coefficient (Wildman–Crippen LogP) is 5.18. The zero-order chi connectivity index (χ0) is 15.2. The first kappa shape index (κ1) is 22.8. The van der Waals surface area contributed by atoms with Gasteiger partial charge in [-0.05, 0) is 24.7 Å². The Balaban J connectivity index is -0.00000180. The predicted molar refractivity (Wildman–Crippen MR) is 96.7 cm³/mol. The molecule has 0 aliphatic carbocycles. The van der Waals surface area contributed by atoms with Gasteiger partial charge in [-0.2, -0.15) is 0 Å². The molecule has 21 heavy (non-hydrogen) atoms. The van der Waals surface area contributed by atoms with Crippen LogP contribution in [0.4, 0.5) is 0 Å². The van der Waals surface area contributed by atoms with Gasteiger partial charge < -0.3 is 5.32 Å². The van der Waals surface area contributed by atoms with E-state index in [1.807, 2.05) is 0 Å². The maximum Gasteiger partial charge on any atom is 0.219 e. The van der Waals surface area contributed by atoms with Crippen LogP contribution in [0.5, 0.6) is 0 Å². The van der Waals surface area contributed by atoms with Crippen LogP contribution in [0.3, 0.4) is 0 Å². The highest BCUT2D eigenvalue weighted by Crippen LogP contribution is 2.10. The summed E-state index contributed by atoms with van der Waals surface area (Å²) in [5.74, 6) is 1.86. The van der Waals surface area contributed by atoms with Crippen LogP contribution in [0, 0.1) is 11.8 Å². The van der Waals surface area contributed by atoms with Crippen molar-refractivity contribution in [3.8, 4) is 0 Å². The number of unbranched alkanes of at least 4 members (excludes halogenated alkanes) is 5. The van der Waals surface area contributed by atoms with Gasteiger partial charge in [-0.3, -0.25) is 4.79 Å². The fourth-order valence-corrected chi connectivity index (χ4v) is 2.36. The minimum Gasteiger partial charge on any atom is -0.356 e. The standard InChI is InChI=1S/C18H37NO.B.H2/c1-16(2)12-8-5-6-11-15-19-18(20)14-10-7-9-13-17(3)4;;/h16-17H,5-15H2,1-4H3,(H,19,20);;1H. The van der Waals surface area contributed by atoms with Crippen LogP contribution < -0.4 is 5.32 Å². The molecule has 0 saturated carbocycles. The fraction of sp³-hybridized carbons (Fsp3) is 0.944. The van der Waals surface area contributed by atoms with Gasteiger partial charge in [0.05, 0.1) is 0 Å². The van der Waals surface area contributed by atoms with E-state index in [1.54, 1.807) is 0 Å². The highest BCUT2D eigenvalue weighted by molar-refractivity contribution is 5.76. The van der Waals surface area contributed by atoms with Crippen molar-refractivity contribution in [3.63, 3.8) is 0 Å². The number of hydrogen-bond donors (Lipinski definition) is 1. The summed E-state index contributed by atoms with van der Waals surface area (Å²) in [4.78, 5) is 11.6. The molecule has 0 atom stereocenters. The van der Waals surface area contributed by atoms with Gasteiger partial charge in [0.2, 0.25) is 5.91 Å². The smallest absolute Gasteiger partial charge is 0.219 e. The number of carbonyl (C=O) groups excluding carboxylic acids is 1. The summed E-state index contributed by atoms with van der Waals surface area (Å²) in [5.41, 5.74) is 0. The van der Waals surface area contributed by atoms with Crippen molar-refractivity contribution in [2.24, 2.45) is 11.8 Å². The van der Waals surface area contributed by atoms with Crippen LogP contribution in [0.2, 0.25) is 0 Å². The van der Waals surface area contributed by atoms with Crippen LogP contribution in [0.15, 0.2) is 0 Å². The van der Waals surface area contributed by atoms with E-state index in [9.17, 15) is 4.79 Å². The van der Waals surface area contributed by atoms with Crippen LogP contribution in [0.1, 0.15) is 93.3 Å². The normalized spacial score (nSPS) is 10.8. The van der Waals surface area contributed by atoms with Crippen LogP contribution in [-0.2, 0) is 4.79 Å². The van der Waals surface area contributed by atoms with E-state index < -0.39 is 0 Å². The molecule has 1 amide bonds. The van der Waals surface area contributed by atoms with Gasteiger partial charge in [-0.25, -0.2) is 0 Å². The summed E-state index contributed by atoms with van der Waals surface area (Å²) in [6, 6.07) is 0. The second-order valence-electron chi connectivity index (χ2n) is 6.94. The Morgan fingerprint density at radius 2 is 1.29 bits per heavy atom. The number of amides is 1. The molecule has 0 saturated heterocycles. The topological polar surface area (TPSA) is 29.1 Å². The lowest BCUT2D eigenvalue weighted by atomic mass is 10.0. The summed E-state index contributed by atoms with van der Waals surface area (Å²) in [6.07, 6.45) is 11.9. The van der Waals surface area contributed by atoms with E-state index in [0.717, 1.165) is 31.2 Å². The lowest BCUT2D eigenvalue weighted by molar-refractivity contribution is -0.121. The molecular weight excluding hydrogens is 257 g/mol. The van der Waals surface area contributed by atoms with Gasteiger partial charge in [0.25, 0.3) is 0 Å². The number of carbonyl (C=O) groups is 1. The van der Waals surface area contributed by atoms with Gasteiger partial charge in [0.15, 0.2) is 0 Å². The zero-order valence-corrected chi connectivity index (χ0v) is 14.9. The SMILES string of the molecule is CC(C)CCCCCCNC(=O)CCCCCC(C)C.[B].[HH]. The molecule has 3 radical (unpaired) electrons. The molecule has 0 bridgehead atoms. The minimum atomic E-state index is 0. The first-order valence-electron chi connectivity index (χ1n) is 8.79. The molecule has 0 aliphatic heterocycles. The van der Waals surface area contributed by atoms with Crippen LogP contribution >= 0.6 is 0 Å². The van der Waals surface area contributed by atoms with Gasteiger partial charge in [-0.1, -0.05) is 72.6 Å². The van der Waals surface area contributed by atoms with Crippen molar-refractivity contribution < 1.29 is 6.22 Å². The summed E-state index contributed by atoms with van der Waals surface area (Å²) in [7, 11) is 0. The number of rotatable bonds is 13. The molecule has 0 spiro atoms. The highest BCUT2D eigenvalue weighted by Gasteiger charge is 2.01. The zero-order valence-electron chi connectivity index (χ0n) is 14.9. The Morgan fingerprint density at radius 3 is 1.81 bits per heavy atom. The van der Waals surface area contributed by atoms with E-state index in [4.69, 9.17) is 0 Å². The highest BCUT2D eigenvalue weighted by atomic mass is 16.1. The van der Waals surface area contributed by atoms with E-state index in [1.165, 1.54) is 44.9 Å². The molecule has 0 aromatic carbocycles. The maximum atomic E-state index is 11.6. The Labute approximate surface area is 136 Å². The second-order valence-corrected chi connectivity index (χ2v) is 6.94.